The van der Waals surface area contributed by atoms with Gasteiger partial charge in [0, 0.05) is 23.3 Å². The van der Waals surface area contributed by atoms with Crippen LogP contribution in [0, 0.1) is 0 Å². The SMILES string of the molecule is O=C(O)c1cn(C(=O)Nc2ccc(-c3ccccc3)cn2)c2ccccc2c1=O. The number of aromatic nitrogens is 2. The first-order valence-corrected chi connectivity index (χ1v) is 8.75. The molecular weight excluding hydrogens is 370 g/mol. The highest BCUT2D eigenvalue weighted by atomic mass is 16.4. The Kier molecular flexibility index (Phi) is 4.62. The van der Waals surface area contributed by atoms with Gasteiger partial charge in [-0.1, -0.05) is 42.5 Å². The molecule has 2 heterocycles. The fourth-order valence-electron chi connectivity index (χ4n) is 3.04. The van der Waals surface area contributed by atoms with Gasteiger partial charge in [0.1, 0.15) is 11.4 Å². The first-order valence-electron chi connectivity index (χ1n) is 8.75. The number of rotatable bonds is 3. The van der Waals surface area contributed by atoms with Gasteiger partial charge in [-0.2, -0.15) is 0 Å². The Morgan fingerprint density at radius 1 is 0.897 bits per heavy atom. The zero-order valence-corrected chi connectivity index (χ0v) is 15.1. The second kappa shape index (κ2) is 7.40. The molecule has 2 aromatic carbocycles. The van der Waals surface area contributed by atoms with Gasteiger partial charge in [-0.05, 0) is 29.8 Å². The molecule has 0 saturated carbocycles. The molecule has 0 radical (unpaired) electrons. The first kappa shape index (κ1) is 18.1. The number of amides is 1. The summed E-state index contributed by atoms with van der Waals surface area (Å²) in [5.41, 5.74) is 1.08. The molecule has 0 aliphatic rings. The van der Waals surface area contributed by atoms with E-state index in [9.17, 15) is 19.5 Å². The molecule has 0 aliphatic heterocycles. The van der Waals surface area contributed by atoms with Gasteiger partial charge in [0.05, 0.1) is 5.52 Å². The summed E-state index contributed by atoms with van der Waals surface area (Å²) in [6.45, 7) is 0. The fraction of sp³-hybridized carbons (Fsp3) is 0. The number of carbonyl (C=O) groups excluding carboxylic acids is 1. The lowest BCUT2D eigenvalue weighted by molar-refractivity contribution is 0.0695. The Balaban J connectivity index is 1.68. The van der Waals surface area contributed by atoms with E-state index in [1.807, 2.05) is 36.4 Å². The van der Waals surface area contributed by atoms with Crippen molar-refractivity contribution < 1.29 is 14.7 Å². The maximum absolute atomic E-state index is 12.8. The van der Waals surface area contributed by atoms with E-state index < -0.39 is 23.0 Å². The molecule has 0 spiro atoms. The molecule has 29 heavy (non-hydrogen) atoms. The van der Waals surface area contributed by atoms with Crippen molar-refractivity contribution >= 4 is 28.7 Å². The Morgan fingerprint density at radius 3 is 2.31 bits per heavy atom. The smallest absolute Gasteiger partial charge is 0.341 e. The van der Waals surface area contributed by atoms with Crippen LogP contribution >= 0.6 is 0 Å². The van der Waals surface area contributed by atoms with Gasteiger partial charge < -0.3 is 5.11 Å². The summed E-state index contributed by atoms with van der Waals surface area (Å²) < 4.78 is 1.10. The summed E-state index contributed by atoms with van der Waals surface area (Å²) in [5, 5.41) is 12.1. The van der Waals surface area contributed by atoms with Crippen molar-refractivity contribution in [2.45, 2.75) is 0 Å². The van der Waals surface area contributed by atoms with Gasteiger partial charge in [0.15, 0.2) is 0 Å². The standard InChI is InChI=1S/C22H15N3O4/c26-20-16-8-4-5-9-18(16)25(13-17(20)21(27)28)22(29)24-19-11-10-15(12-23-19)14-6-2-1-3-7-14/h1-13H,(H,27,28)(H,23,24,29). The van der Waals surface area contributed by atoms with E-state index in [-0.39, 0.29) is 5.39 Å². The average Bonchev–Trinajstić information content (AvgIpc) is 2.75. The van der Waals surface area contributed by atoms with Crippen LogP contribution in [0.3, 0.4) is 0 Å². The molecule has 7 nitrogen and oxygen atoms in total. The maximum atomic E-state index is 12.8. The molecule has 0 aliphatic carbocycles. The van der Waals surface area contributed by atoms with Gasteiger partial charge in [-0.3, -0.25) is 14.7 Å². The summed E-state index contributed by atoms with van der Waals surface area (Å²) in [7, 11) is 0. The van der Waals surface area contributed by atoms with Crippen molar-refractivity contribution in [2.24, 2.45) is 0 Å². The van der Waals surface area contributed by atoms with E-state index >= 15 is 0 Å². The number of aromatic carboxylic acids is 1. The molecule has 0 bridgehead atoms. The predicted octanol–water partition coefficient (Wildman–Crippen LogP) is 3.84. The van der Waals surface area contributed by atoms with Crippen LogP contribution in [0.4, 0.5) is 10.6 Å². The van der Waals surface area contributed by atoms with Crippen LogP contribution in [0.25, 0.3) is 22.0 Å². The second-order valence-corrected chi connectivity index (χ2v) is 6.29. The minimum atomic E-state index is -1.40. The third-order valence-electron chi connectivity index (χ3n) is 4.47. The molecular formula is C22H15N3O4. The molecule has 2 N–H and O–H groups in total. The number of pyridine rings is 2. The summed E-state index contributed by atoms with van der Waals surface area (Å²) in [5.74, 6) is -1.10. The van der Waals surface area contributed by atoms with Crippen molar-refractivity contribution in [2.75, 3.05) is 5.32 Å². The minimum Gasteiger partial charge on any atom is -0.477 e. The molecule has 0 atom stereocenters. The van der Waals surface area contributed by atoms with Crippen LogP contribution in [0.15, 0.2) is 83.9 Å². The molecule has 4 rings (SSSR count). The van der Waals surface area contributed by atoms with Crippen LogP contribution < -0.4 is 10.7 Å². The highest BCUT2D eigenvalue weighted by Crippen LogP contribution is 2.19. The first-order chi connectivity index (χ1) is 14.0. The molecule has 0 saturated heterocycles. The number of nitrogens with one attached hydrogen (secondary N) is 1. The number of anilines is 1. The lowest BCUT2D eigenvalue weighted by Crippen LogP contribution is -2.26. The molecule has 1 amide bonds. The molecule has 2 aromatic heterocycles. The van der Waals surface area contributed by atoms with Gasteiger partial charge >= 0.3 is 12.0 Å². The van der Waals surface area contributed by atoms with Crippen molar-refractivity contribution in [1.82, 2.24) is 9.55 Å². The highest BCUT2D eigenvalue weighted by Gasteiger charge is 2.17. The topological polar surface area (TPSA) is 101 Å². The zero-order chi connectivity index (χ0) is 20.4. The van der Waals surface area contributed by atoms with Crippen LogP contribution in [0.1, 0.15) is 10.4 Å². The zero-order valence-electron chi connectivity index (χ0n) is 15.1. The molecule has 0 unspecified atom stereocenters. The molecule has 4 aromatic rings. The van der Waals surface area contributed by atoms with Crippen LogP contribution in [0.5, 0.6) is 0 Å². The quantitative estimate of drug-likeness (QED) is 0.558. The number of para-hydroxylation sites is 1. The summed E-state index contributed by atoms with van der Waals surface area (Å²) in [6.07, 6.45) is 2.66. The van der Waals surface area contributed by atoms with E-state index in [2.05, 4.69) is 10.3 Å². The number of carbonyl (C=O) groups is 2. The fourth-order valence-corrected chi connectivity index (χ4v) is 3.04. The molecule has 0 fully saturated rings. The maximum Gasteiger partial charge on any atom is 0.341 e. The number of hydrogen-bond acceptors (Lipinski definition) is 4. The van der Waals surface area contributed by atoms with Gasteiger partial charge in [0.25, 0.3) is 0 Å². The minimum absolute atomic E-state index is 0.148. The highest BCUT2D eigenvalue weighted by molar-refractivity contribution is 6.00. The lowest BCUT2D eigenvalue weighted by Gasteiger charge is -2.12. The third kappa shape index (κ3) is 3.49. The van der Waals surface area contributed by atoms with Crippen molar-refractivity contribution in [1.29, 1.82) is 0 Å². The number of nitrogens with zero attached hydrogens (tertiary/aromatic N) is 2. The number of hydrogen-bond donors (Lipinski definition) is 2. The summed E-state index contributed by atoms with van der Waals surface area (Å²) >= 11 is 0. The third-order valence-corrected chi connectivity index (χ3v) is 4.47. The number of carboxylic acids is 1. The van der Waals surface area contributed by atoms with E-state index in [1.165, 1.54) is 6.07 Å². The van der Waals surface area contributed by atoms with Crippen molar-refractivity contribution in [3.05, 3.63) is 94.9 Å². The Bertz CT molecular complexity index is 1280. The molecule has 142 valence electrons. The van der Waals surface area contributed by atoms with Crippen LogP contribution in [-0.4, -0.2) is 26.7 Å². The van der Waals surface area contributed by atoms with Crippen LogP contribution in [-0.2, 0) is 0 Å². The lowest BCUT2D eigenvalue weighted by atomic mass is 10.1. The van der Waals surface area contributed by atoms with E-state index in [0.717, 1.165) is 21.9 Å². The number of benzene rings is 2. The number of fused-ring (bicyclic) bond motifs is 1. The number of carboxylic acid groups (broad SMARTS) is 1. The summed E-state index contributed by atoms with van der Waals surface area (Å²) in [6, 6.07) is 18.9. The van der Waals surface area contributed by atoms with Crippen LogP contribution in [0.2, 0.25) is 0 Å². The second-order valence-electron chi connectivity index (χ2n) is 6.29. The van der Waals surface area contributed by atoms with Gasteiger partial charge in [-0.25, -0.2) is 14.6 Å². The average molecular weight is 385 g/mol. The monoisotopic (exact) mass is 385 g/mol. The Hall–Kier alpha value is -4.26. The van der Waals surface area contributed by atoms with Crippen molar-refractivity contribution in [3.8, 4) is 11.1 Å². The van der Waals surface area contributed by atoms with E-state index in [0.29, 0.717) is 11.3 Å². The normalized spacial score (nSPS) is 10.6. The van der Waals surface area contributed by atoms with E-state index in [1.54, 1.807) is 30.5 Å². The Labute approximate surface area is 164 Å². The Morgan fingerprint density at radius 2 is 1.62 bits per heavy atom. The largest absolute Gasteiger partial charge is 0.477 e. The van der Waals surface area contributed by atoms with Crippen molar-refractivity contribution in [3.63, 3.8) is 0 Å². The van der Waals surface area contributed by atoms with Gasteiger partial charge in [0.2, 0.25) is 5.43 Å². The van der Waals surface area contributed by atoms with E-state index in [4.69, 9.17) is 0 Å². The van der Waals surface area contributed by atoms with Gasteiger partial charge in [-0.15, -0.1) is 0 Å². The summed E-state index contributed by atoms with van der Waals surface area (Å²) in [4.78, 5) is 40.8. The predicted molar refractivity (Wildman–Crippen MR) is 109 cm³/mol. The molecule has 7 heteroatoms.